The highest BCUT2D eigenvalue weighted by Crippen LogP contribution is 2.23. The molecule has 0 bridgehead atoms. The summed E-state index contributed by atoms with van der Waals surface area (Å²) in [6.07, 6.45) is 0. The standard InChI is InChI=1S/C13H13ClN2S/c1-15-13-4-2-3-11(16-13)9-17-12-7-5-10(14)6-8-12/h2-8H,9H2,1H3,(H,15,16). The number of benzene rings is 1. The largest absolute Gasteiger partial charge is 0.373 e. The molecular weight excluding hydrogens is 252 g/mol. The Labute approximate surface area is 110 Å². The molecule has 1 aromatic carbocycles. The van der Waals surface area contributed by atoms with Crippen LogP contribution in [0.4, 0.5) is 5.82 Å². The van der Waals surface area contributed by atoms with Crippen LogP contribution in [0.1, 0.15) is 5.69 Å². The third-order valence-electron chi connectivity index (χ3n) is 2.26. The second kappa shape index (κ2) is 5.94. The van der Waals surface area contributed by atoms with Gasteiger partial charge in [0.2, 0.25) is 0 Å². The molecule has 0 unspecified atom stereocenters. The summed E-state index contributed by atoms with van der Waals surface area (Å²) in [6.45, 7) is 0. The van der Waals surface area contributed by atoms with Crippen LogP contribution in [-0.2, 0) is 5.75 Å². The van der Waals surface area contributed by atoms with Gasteiger partial charge in [-0.3, -0.25) is 0 Å². The lowest BCUT2D eigenvalue weighted by Gasteiger charge is -2.04. The lowest BCUT2D eigenvalue weighted by molar-refractivity contribution is 1.16. The molecule has 17 heavy (non-hydrogen) atoms. The van der Waals surface area contributed by atoms with E-state index in [9.17, 15) is 0 Å². The predicted octanol–water partition coefficient (Wildman–Crippen LogP) is 4.07. The summed E-state index contributed by atoms with van der Waals surface area (Å²) in [6, 6.07) is 13.9. The fraction of sp³-hybridized carbons (Fsp3) is 0.154. The Hall–Kier alpha value is -1.19. The Morgan fingerprint density at radius 2 is 1.94 bits per heavy atom. The number of nitrogens with zero attached hydrogens (tertiary/aromatic N) is 1. The third-order valence-corrected chi connectivity index (χ3v) is 3.56. The van der Waals surface area contributed by atoms with Gasteiger partial charge in [0.1, 0.15) is 5.82 Å². The maximum atomic E-state index is 5.84. The summed E-state index contributed by atoms with van der Waals surface area (Å²) in [7, 11) is 1.87. The van der Waals surface area contributed by atoms with Gasteiger partial charge in [0, 0.05) is 22.7 Å². The first-order chi connectivity index (χ1) is 8.28. The Kier molecular flexibility index (Phi) is 4.29. The zero-order valence-corrected chi connectivity index (χ0v) is 11.1. The van der Waals surface area contributed by atoms with Crippen molar-refractivity contribution in [3.8, 4) is 0 Å². The zero-order chi connectivity index (χ0) is 12.1. The second-order valence-corrected chi connectivity index (χ2v) is 4.99. The van der Waals surface area contributed by atoms with Crippen molar-refractivity contribution in [2.75, 3.05) is 12.4 Å². The number of hydrogen-bond donors (Lipinski definition) is 1. The van der Waals surface area contributed by atoms with Crippen molar-refractivity contribution in [3.05, 3.63) is 53.2 Å². The van der Waals surface area contributed by atoms with Crippen LogP contribution in [-0.4, -0.2) is 12.0 Å². The Bertz CT molecular complexity index is 485. The molecule has 0 atom stereocenters. The van der Waals surface area contributed by atoms with Gasteiger partial charge in [-0.25, -0.2) is 4.98 Å². The van der Waals surface area contributed by atoms with E-state index in [1.165, 1.54) is 4.90 Å². The molecule has 2 aromatic rings. The van der Waals surface area contributed by atoms with Crippen molar-refractivity contribution in [3.63, 3.8) is 0 Å². The molecule has 1 heterocycles. The molecule has 88 valence electrons. The molecule has 0 radical (unpaired) electrons. The van der Waals surface area contributed by atoms with Crippen LogP contribution < -0.4 is 5.32 Å². The minimum atomic E-state index is 0.768. The average Bonchev–Trinajstić information content (AvgIpc) is 2.38. The van der Waals surface area contributed by atoms with Crippen molar-refractivity contribution < 1.29 is 0 Å². The minimum absolute atomic E-state index is 0.768. The molecule has 0 saturated heterocycles. The summed E-state index contributed by atoms with van der Waals surface area (Å²) in [5.41, 5.74) is 1.07. The van der Waals surface area contributed by atoms with Gasteiger partial charge in [0.25, 0.3) is 0 Å². The van der Waals surface area contributed by atoms with Crippen LogP contribution in [0.3, 0.4) is 0 Å². The van der Waals surface area contributed by atoms with Crippen molar-refractivity contribution >= 4 is 29.2 Å². The summed E-state index contributed by atoms with van der Waals surface area (Å²) >= 11 is 7.59. The normalized spacial score (nSPS) is 10.2. The van der Waals surface area contributed by atoms with Gasteiger partial charge < -0.3 is 5.32 Å². The fourth-order valence-electron chi connectivity index (χ4n) is 1.39. The number of thioether (sulfide) groups is 1. The van der Waals surface area contributed by atoms with Gasteiger partial charge in [-0.2, -0.15) is 0 Å². The highest BCUT2D eigenvalue weighted by molar-refractivity contribution is 7.98. The van der Waals surface area contributed by atoms with E-state index in [0.717, 1.165) is 22.3 Å². The van der Waals surface area contributed by atoms with Crippen molar-refractivity contribution in [1.82, 2.24) is 4.98 Å². The molecule has 0 fully saturated rings. The summed E-state index contributed by atoms with van der Waals surface area (Å²) in [5.74, 6) is 1.76. The Balaban J connectivity index is 1.99. The number of pyridine rings is 1. The number of hydrogen-bond acceptors (Lipinski definition) is 3. The molecule has 2 nitrogen and oxygen atoms in total. The van der Waals surface area contributed by atoms with E-state index in [2.05, 4.69) is 10.3 Å². The fourth-order valence-corrected chi connectivity index (χ4v) is 2.32. The number of aromatic nitrogens is 1. The zero-order valence-electron chi connectivity index (χ0n) is 9.48. The van der Waals surface area contributed by atoms with Gasteiger partial charge in [-0.15, -0.1) is 11.8 Å². The first kappa shape index (κ1) is 12.3. The van der Waals surface area contributed by atoms with Crippen LogP contribution in [0.25, 0.3) is 0 Å². The first-order valence-corrected chi connectivity index (χ1v) is 6.66. The molecule has 0 amide bonds. The van der Waals surface area contributed by atoms with Crippen LogP contribution in [0, 0.1) is 0 Å². The smallest absolute Gasteiger partial charge is 0.125 e. The highest BCUT2D eigenvalue weighted by Gasteiger charge is 1.99. The molecule has 2 rings (SSSR count). The molecule has 0 aliphatic carbocycles. The maximum Gasteiger partial charge on any atom is 0.125 e. The van der Waals surface area contributed by atoms with Gasteiger partial charge in [-0.1, -0.05) is 17.7 Å². The van der Waals surface area contributed by atoms with Gasteiger partial charge in [0.05, 0.1) is 5.69 Å². The van der Waals surface area contributed by atoms with Gasteiger partial charge in [-0.05, 0) is 36.4 Å². The molecular formula is C13H13ClN2S. The van der Waals surface area contributed by atoms with E-state index in [4.69, 9.17) is 11.6 Å². The molecule has 0 aliphatic rings. The molecule has 0 aliphatic heterocycles. The molecule has 1 aromatic heterocycles. The summed E-state index contributed by atoms with van der Waals surface area (Å²) in [4.78, 5) is 5.67. The highest BCUT2D eigenvalue weighted by atomic mass is 35.5. The average molecular weight is 265 g/mol. The van der Waals surface area contributed by atoms with Crippen molar-refractivity contribution in [2.24, 2.45) is 0 Å². The van der Waals surface area contributed by atoms with E-state index < -0.39 is 0 Å². The first-order valence-electron chi connectivity index (χ1n) is 5.30. The third kappa shape index (κ3) is 3.65. The summed E-state index contributed by atoms with van der Waals surface area (Å²) < 4.78 is 0. The Morgan fingerprint density at radius 1 is 1.18 bits per heavy atom. The summed E-state index contributed by atoms with van der Waals surface area (Å²) in [5, 5.41) is 3.80. The van der Waals surface area contributed by atoms with E-state index in [1.807, 2.05) is 49.5 Å². The number of halogens is 1. The van der Waals surface area contributed by atoms with E-state index >= 15 is 0 Å². The van der Waals surface area contributed by atoms with E-state index in [0.29, 0.717) is 0 Å². The van der Waals surface area contributed by atoms with Gasteiger partial charge in [0.15, 0.2) is 0 Å². The van der Waals surface area contributed by atoms with E-state index in [1.54, 1.807) is 11.8 Å². The van der Waals surface area contributed by atoms with Crippen LogP contribution in [0.15, 0.2) is 47.4 Å². The molecule has 1 N–H and O–H groups in total. The lowest BCUT2D eigenvalue weighted by Crippen LogP contribution is -1.94. The number of anilines is 1. The lowest BCUT2D eigenvalue weighted by atomic mass is 10.4. The SMILES string of the molecule is CNc1cccc(CSc2ccc(Cl)cc2)n1. The predicted molar refractivity (Wildman–Crippen MR) is 74.8 cm³/mol. The van der Waals surface area contributed by atoms with Gasteiger partial charge >= 0.3 is 0 Å². The van der Waals surface area contributed by atoms with E-state index in [-0.39, 0.29) is 0 Å². The topological polar surface area (TPSA) is 24.9 Å². The Morgan fingerprint density at radius 3 is 2.65 bits per heavy atom. The second-order valence-electron chi connectivity index (χ2n) is 3.51. The quantitative estimate of drug-likeness (QED) is 0.843. The van der Waals surface area contributed by atoms with Crippen LogP contribution in [0.5, 0.6) is 0 Å². The number of nitrogens with one attached hydrogen (secondary N) is 1. The maximum absolute atomic E-state index is 5.84. The van der Waals surface area contributed by atoms with Crippen LogP contribution in [0.2, 0.25) is 5.02 Å². The molecule has 0 saturated carbocycles. The molecule has 4 heteroatoms. The van der Waals surface area contributed by atoms with Crippen molar-refractivity contribution in [1.29, 1.82) is 0 Å². The molecule has 0 spiro atoms. The minimum Gasteiger partial charge on any atom is -0.373 e. The number of rotatable bonds is 4. The monoisotopic (exact) mass is 264 g/mol. The van der Waals surface area contributed by atoms with Crippen LogP contribution >= 0.6 is 23.4 Å². The van der Waals surface area contributed by atoms with Crippen molar-refractivity contribution in [2.45, 2.75) is 10.6 Å².